The molecule has 0 bridgehead atoms. The molecule has 2 heteroatoms. The molecule has 0 aromatic rings. The highest BCUT2D eigenvalue weighted by atomic mass is 16.5. The molecule has 1 atom stereocenters. The first-order valence-electron chi connectivity index (χ1n) is 5.28. The van der Waals surface area contributed by atoms with Crippen LogP contribution in [0.3, 0.4) is 0 Å². The molecular weight excluding hydrogens is 164 g/mol. The average Bonchev–Trinajstić information content (AvgIpc) is 2.13. The molecule has 0 aromatic carbocycles. The maximum absolute atomic E-state index is 9.37. The third kappa shape index (κ3) is 4.44. The van der Waals surface area contributed by atoms with E-state index in [2.05, 4.69) is 0 Å². The molecule has 1 aliphatic carbocycles. The van der Waals surface area contributed by atoms with Gasteiger partial charge in [0, 0.05) is 13.2 Å². The van der Waals surface area contributed by atoms with E-state index in [4.69, 9.17) is 4.74 Å². The van der Waals surface area contributed by atoms with Crippen LogP contribution in [-0.2, 0) is 4.74 Å². The Bertz CT molecular complexity index is 163. The summed E-state index contributed by atoms with van der Waals surface area (Å²) in [5.41, 5.74) is 1.42. The molecule has 76 valence electrons. The van der Waals surface area contributed by atoms with Gasteiger partial charge in [0.1, 0.15) is 0 Å². The first-order valence-corrected chi connectivity index (χ1v) is 5.28. The zero-order valence-corrected chi connectivity index (χ0v) is 8.46. The molecule has 0 saturated heterocycles. The van der Waals surface area contributed by atoms with Crippen molar-refractivity contribution < 1.29 is 9.84 Å². The Balaban J connectivity index is 2.13. The van der Waals surface area contributed by atoms with Crippen molar-refractivity contribution in [2.24, 2.45) is 0 Å². The lowest BCUT2D eigenvalue weighted by molar-refractivity contribution is 0.144. The van der Waals surface area contributed by atoms with Gasteiger partial charge in [-0.25, -0.2) is 0 Å². The van der Waals surface area contributed by atoms with Crippen molar-refractivity contribution in [2.45, 2.75) is 45.1 Å². The second-order valence-corrected chi connectivity index (χ2v) is 3.58. The second-order valence-electron chi connectivity index (χ2n) is 3.58. The fourth-order valence-electron chi connectivity index (χ4n) is 1.73. The van der Waals surface area contributed by atoms with E-state index in [1.807, 2.05) is 13.0 Å². The molecule has 0 spiro atoms. The zero-order valence-electron chi connectivity index (χ0n) is 8.46. The summed E-state index contributed by atoms with van der Waals surface area (Å²) < 4.78 is 5.26. The van der Waals surface area contributed by atoms with E-state index in [0.717, 1.165) is 38.9 Å². The minimum absolute atomic E-state index is 0.184. The van der Waals surface area contributed by atoms with E-state index in [0.29, 0.717) is 0 Å². The third-order valence-corrected chi connectivity index (χ3v) is 2.42. The summed E-state index contributed by atoms with van der Waals surface area (Å²) in [5, 5.41) is 9.37. The lowest BCUT2D eigenvalue weighted by Gasteiger charge is -2.16. The predicted molar refractivity (Wildman–Crippen MR) is 53.7 cm³/mol. The van der Waals surface area contributed by atoms with Crippen molar-refractivity contribution in [3.63, 3.8) is 0 Å². The highest BCUT2D eigenvalue weighted by molar-refractivity contribution is 5.08. The van der Waals surface area contributed by atoms with E-state index >= 15 is 0 Å². The fourth-order valence-corrected chi connectivity index (χ4v) is 1.73. The van der Waals surface area contributed by atoms with Gasteiger partial charge in [0.2, 0.25) is 0 Å². The molecule has 0 heterocycles. The van der Waals surface area contributed by atoms with E-state index in [9.17, 15) is 5.11 Å². The van der Waals surface area contributed by atoms with Crippen LogP contribution >= 0.6 is 0 Å². The number of aliphatic hydroxyl groups is 1. The Morgan fingerprint density at radius 2 is 2.46 bits per heavy atom. The number of allylic oxidation sites excluding steroid dienone is 1. The largest absolute Gasteiger partial charge is 0.389 e. The van der Waals surface area contributed by atoms with Gasteiger partial charge < -0.3 is 9.84 Å². The van der Waals surface area contributed by atoms with E-state index in [1.165, 1.54) is 12.0 Å². The van der Waals surface area contributed by atoms with Gasteiger partial charge in [-0.05, 0) is 39.0 Å². The van der Waals surface area contributed by atoms with Crippen LogP contribution in [0.4, 0.5) is 0 Å². The standard InChI is InChI=1S/C11H20O2/c1-2-13-8-4-6-10-5-3-7-11(12)9-10/h9,11-12H,2-8H2,1H3. The Morgan fingerprint density at radius 1 is 1.62 bits per heavy atom. The van der Waals surface area contributed by atoms with Crippen LogP contribution < -0.4 is 0 Å². The summed E-state index contributed by atoms with van der Waals surface area (Å²) in [6, 6.07) is 0. The van der Waals surface area contributed by atoms with Gasteiger partial charge in [0.05, 0.1) is 6.10 Å². The molecule has 1 unspecified atom stereocenters. The summed E-state index contributed by atoms with van der Waals surface area (Å²) in [6.45, 7) is 3.68. The summed E-state index contributed by atoms with van der Waals surface area (Å²) in [7, 11) is 0. The second kappa shape index (κ2) is 6.17. The van der Waals surface area contributed by atoms with Gasteiger partial charge in [-0.2, -0.15) is 0 Å². The molecule has 2 nitrogen and oxygen atoms in total. The van der Waals surface area contributed by atoms with Crippen molar-refractivity contribution in [3.05, 3.63) is 11.6 Å². The molecule has 1 N–H and O–H groups in total. The number of rotatable bonds is 5. The molecule has 0 saturated carbocycles. The van der Waals surface area contributed by atoms with Crippen molar-refractivity contribution in [1.29, 1.82) is 0 Å². The Morgan fingerprint density at radius 3 is 3.15 bits per heavy atom. The molecule has 0 fully saturated rings. The monoisotopic (exact) mass is 184 g/mol. The quantitative estimate of drug-likeness (QED) is 0.524. The van der Waals surface area contributed by atoms with Crippen LogP contribution in [0.1, 0.15) is 39.0 Å². The van der Waals surface area contributed by atoms with Crippen molar-refractivity contribution in [2.75, 3.05) is 13.2 Å². The predicted octanol–water partition coefficient (Wildman–Crippen LogP) is 2.27. The smallest absolute Gasteiger partial charge is 0.0723 e. The van der Waals surface area contributed by atoms with Crippen LogP contribution in [-0.4, -0.2) is 24.4 Å². The summed E-state index contributed by atoms with van der Waals surface area (Å²) in [6.07, 6.45) is 7.27. The van der Waals surface area contributed by atoms with Gasteiger partial charge in [0.15, 0.2) is 0 Å². The van der Waals surface area contributed by atoms with Crippen LogP contribution in [0, 0.1) is 0 Å². The van der Waals surface area contributed by atoms with Crippen LogP contribution in [0.2, 0.25) is 0 Å². The molecule has 0 amide bonds. The van der Waals surface area contributed by atoms with Gasteiger partial charge in [-0.3, -0.25) is 0 Å². The van der Waals surface area contributed by atoms with Gasteiger partial charge in [0.25, 0.3) is 0 Å². The molecule has 0 radical (unpaired) electrons. The van der Waals surface area contributed by atoms with Crippen molar-refractivity contribution in [1.82, 2.24) is 0 Å². The minimum Gasteiger partial charge on any atom is -0.389 e. The number of hydrogen-bond acceptors (Lipinski definition) is 2. The summed E-state index contributed by atoms with van der Waals surface area (Å²) >= 11 is 0. The first-order chi connectivity index (χ1) is 6.33. The van der Waals surface area contributed by atoms with Gasteiger partial charge in [-0.15, -0.1) is 0 Å². The third-order valence-electron chi connectivity index (χ3n) is 2.42. The Hall–Kier alpha value is -0.340. The van der Waals surface area contributed by atoms with Crippen molar-refractivity contribution >= 4 is 0 Å². The molecule has 1 rings (SSSR count). The molecule has 0 aromatic heterocycles. The minimum atomic E-state index is -0.184. The SMILES string of the molecule is CCOCCCC1=CC(O)CCC1. The van der Waals surface area contributed by atoms with E-state index in [1.54, 1.807) is 0 Å². The maximum Gasteiger partial charge on any atom is 0.0723 e. The van der Waals surface area contributed by atoms with Crippen LogP contribution in [0.15, 0.2) is 11.6 Å². The van der Waals surface area contributed by atoms with Crippen LogP contribution in [0.5, 0.6) is 0 Å². The van der Waals surface area contributed by atoms with E-state index in [-0.39, 0.29) is 6.10 Å². The normalized spacial score (nSPS) is 22.9. The topological polar surface area (TPSA) is 29.5 Å². The summed E-state index contributed by atoms with van der Waals surface area (Å²) in [4.78, 5) is 0. The fraction of sp³-hybridized carbons (Fsp3) is 0.818. The Labute approximate surface area is 80.6 Å². The molecule has 1 aliphatic rings. The lowest BCUT2D eigenvalue weighted by Crippen LogP contribution is -2.09. The van der Waals surface area contributed by atoms with Gasteiger partial charge >= 0.3 is 0 Å². The number of hydrogen-bond donors (Lipinski definition) is 1. The Kier molecular flexibility index (Phi) is 5.09. The van der Waals surface area contributed by atoms with E-state index < -0.39 is 0 Å². The lowest BCUT2D eigenvalue weighted by atomic mass is 9.94. The average molecular weight is 184 g/mol. The maximum atomic E-state index is 9.37. The molecule has 13 heavy (non-hydrogen) atoms. The highest BCUT2D eigenvalue weighted by Gasteiger charge is 2.09. The number of aliphatic hydroxyl groups excluding tert-OH is 1. The first kappa shape index (κ1) is 10.7. The zero-order chi connectivity index (χ0) is 9.52. The molecule has 0 aliphatic heterocycles. The number of ether oxygens (including phenoxy) is 1. The summed E-state index contributed by atoms with van der Waals surface area (Å²) in [5.74, 6) is 0. The van der Waals surface area contributed by atoms with Crippen LogP contribution in [0.25, 0.3) is 0 Å². The van der Waals surface area contributed by atoms with Gasteiger partial charge in [-0.1, -0.05) is 11.6 Å². The highest BCUT2D eigenvalue weighted by Crippen LogP contribution is 2.21. The van der Waals surface area contributed by atoms with Crippen molar-refractivity contribution in [3.8, 4) is 0 Å². The molecular formula is C11H20O2.